The zero-order valence-corrected chi connectivity index (χ0v) is 13.0. The third kappa shape index (κ3) is 5.21. The number of ether oxygens (including phenoxy) is 1. The van der Waals surface area contributed by atoms with Gasteiger partial charge in [0.15, 0.2) is 5.78 Å². The number of rotatable bonds is 4. The van der Waals surface area contributed by atoms with Crippen LogP contribution in [0.25, 0.3) is 0 Å². The number of hydrogen-bond donors (Lipinski definition) is 0. The van der Waals surface area contributed by atoms with E-state index in [0.717, 1.165) is 9.98 Å². The highest BCUT2D eigenvalue weighted by atomic mass is 35.5. The standard InChI is InChI=1S/C15H20ClNO3/c1-11(18)13(10-12-8-6-5-7-9-12)17(16)14(19)20-15(2,3)4/h5-9,13H,10H2,1-4H3. The van der Waals surface area contributed by atoms with Crippen LogP contribution in [-0.2, 0) is 16.0 Å². The summed E-state index contributed by atoms with van der Waals surface area (Å²) in [6.07, 6.45) is -0.353. The van der Waals surface area contributed by atoms with E-state index in [1.807, 2.05) is 30.3 Å². The zero-order chi connectivity index (χ0) is 15.3. The smallest absolute Gasteiger partial charge is 0.425 e. The van der Waals surface area contributed by atoms with Gasteiger partial charge in [-0.05, 0) is 33.3 Å². The lowest BCUT2D eigenvalue weighted by Crippen LogP contribution is -2.42. The lowest BCUT2D eigenvalue weighted by Gasteiger charge is -2.27. The maximum Gasteiger partial charge on any atom is 0.425 e. The average Bonchev–Trinajstić information content (AvgIpc) is 2.34. The van der Waals surface area contributed by atoms with Crippen molar-refractivity contribution in [1.29, 1.82) is 0 Å². The van der Waals surface area contributed by atoms with Crippen LogP contribution in [0.3, 0.4) is 0 Å². The van der Waals surface area contributed by atoms with Gasteiger partial charge in [0.25, 0.3) is 0 Å². The van der Waals surface area contributed by atoms with Gasteiger partial charge >= 0.3 is 6.09 Å². The summed E-state index contributed by atoms with van der Waals surface area (Å²) in [6, 6.07) is 8.66. The Morgan fingerprint density at radius 1 is 1.25 bits per heavy atom. The van der Waals surface area contributed by atoms with Crippen LogP contribution < -0.4 is 0 Å². The fourth-order valence-electron chi connectivity index (χ4n) is 1.65. The van der Waals surface area contributed by atoms with Crippen LogP contribution in [0.2, 0.25) is 0 Å². The Morgan fingerprint density at radius 3 is 2.25 bits per heavy atom. The van der Waals surface area contributed by atoms with E-state index < -0.39 is 17.7 Å². The lowest BCUT2D eigenvalue weighted by atomic mass is 10.0. The lowest BCUT2D eigenvalue weighted by molar-refractivity contribution is -0.120. The molecule has 1 amide bonds. The van der Waals surface area contributed by atoms with Crippen LogP contribution >= 0.6 is 11.8 Å². The highest BCUT2D eigenvalue weighted by molar-refractivity contribution is 6.22. The van der Waals surface area contributed by atoms with E-state index in [2.05, 4.69) is 0 Å². The Kier molecular flexibility index (Phi) is 5.57. The minimum atomic E-state index is -0.742. The van der Waals surface area contributed by atoms with Crippen LogP contribution in [-0.4, -0.2) is 27.9 Å². The van der Waals surface area contributed by atoms with Crippen molar-refractivity contribution in [2.45, 2.75) is 45.8 Å². The number of halogens is 1. The third-order valence-electron chi connectivity index (χ3n) is 2.58. The molecule has 0 bridgehead atoms. The molecule has 0 aliphatic carbocycles. The van der Waals surface area contributed by atoms with Gasteiger partial charge in [-0.2, -0.15) is 0 Å². The number of Topliss-reactive ketones (excluding diaryl/α,β-unsaturated/α-hetero) is 1. The van der Waals surface area contributed by atoms with Crippen molar-refractivity contribution in [3.8, 4) is 0 Å². The SMILES string of the molecule is CC(=O)C(Cc1ccccc1)N(Cl)C(=O)OC(C)(C)C. The van der Waals surface area contributed by atoms with Gasteiger partial charge in [0.05, 0.1) is 0 Å². The first kappa shape index (κ1) is 16.5. The molecule has 5 heteroatoms. The highest BCUT2D eigenvalue weighted by Crippen LogP contribution is 2.17. The van der Waals surface area contributed by atoms with Crippen molar-refractivity contribution in [3.05, 3.63) is 35.9 Å². The van der Waals surface area contributed by atoms with E-state index in [1.54, 1.807) is 20.8 Å². The highest BCUT2D eigenvalue weighted by Gasteiger charge is 2.30. The van der Waals surface area contributed by atoms with Crippen molar-refractivity contribution < 1.29 is 14.3 Å². The molecule has 0 aromatic heterocycles. The number of ketones is 1. The molecule has 0 radical (unpaired) electrons. The molecule has 1 unspecified atom stereocenters. The van der Waals surface area contributed by atoms with Gasteiger partial charge < -0.3 is 4.74 Å². The predicted octanol–water partition coefficient (Wildman–Crippen LogP) is 3.58. The fraction of sp³-hybridized carbons (Fsp3) is 0.467. The van der Waals surface area contributed by atoms with Gasteiger partial charge in [0.1, 0.15) is 11.6 Å². The first-order valence-electron chi connectivity index (χ1n) is 6.43. The molecule has 4 nitrogen and oxygen atoms in total. The average molecular weight is 298 g/mol. The molecule has 0 saturated carbocycles. The van der Waals surface area contributed by atoms with Crippen molar-refractivity contribution >= 4 is 23.7 Å². The van der Waals surface area contributed by atoms with Crippen LogP contribution in [0.5, 0.6) is 0 Å². The maximum absolute atomic E-state index is 11.9. The summed E-state index contributed by atoms with van der Waals surface area (Å²) < 4.78 is 6.02. The minimum absolute atomic E-state index is 0.185. The maximum atomic E-state index is 11.9. The van der Waals surface area contributed by atoms with Gasteiger partial charge in [-0.15, -0.1) is 0 Å². The first-order chi connectivity index (χ1) is 9.20. The predicted molar refractivity (Wildman–Crippen MR) is 78.5 cm³/mol. The number of hydrogen-bond acceptors (Lipinski definition) is 3. The summed E-state index contributed by atoms with van der Waals surface area (Å²) in [6.45, 7) is 6.65. The van der Waals surface area contributed by atoms with Crippen LogP contribution in [0.1, 0.15) is 33.3 Å². The number of carbonyl (C=O) groups excluding carboxylic acids is 2. The van der Waals surface area contributed by atoms with Gasteiger partial charge in [-0.25, -0.2) is 9.21 Å². The molecule has 0 aliphatic rings. The second-order valence-electron chi connectivity index (χ2n) is 5.61. The van der Waals surface area contributed by atoms with E-state index in [1.165, 1.54) is 6.92 Å². The number of nitrogens with zero attached hydrogens (tertiary/aromatic N) is 1. The van der Waals surface area contributed by atoms with E-state index in [-0.39, 0.29) is 5.78 Å². The second-order valence-corrected chi connectivity index (χ2v) is 5.97. The molecule has 20 heavy (non-hydrogen) atoms. The molecular weight excluding hydrogens is 278 g/mol. The monoisotopic (exact) mass is 297 g/mol. The minimum Gasteiger partial charge on any atom is -0.443 e. The Labute approximate surface area is 124 Å². The number of amides is 1. The largest absolute Gasteiger partial charge is 0.443 e. The van der Waals surface area contributed by atoms with Crippen LogP contribution in [0, 0.1) is 0 Å². The zero-order valence-electron chi connectivity index (χ0n) is 12.2. The van der Waals surface area contributed by atoms with E-state index in [9.17, 15) is 9.59 Å². The Hall–Kier alpha value is -1.55. The van der Waals surface area contributed by atoms with E-state index in [4.69, 9.17) is 16.5 Å². The molecule has 1 aromatic rings. The van der Waals surface area contributed by atoms with Gasteiger partial charge in [-0.3, -0.25) is 4.79 Å². The van der Waals surface area contributed by atoms with Gasteiger partial charge in [0.2, 0.25) is 0 Å². The quantitative estimate of drug-likeness (QED) is 0.798. The molecule has 0 spiro atoms. The Balaban J connectivity index is 2.81. The van der Waals surface area contributed by atoms with Gasteiger partial charge in [-0.1, -0.05) is 30.3 Å². The molecule has 110 valence electrons. The van der Waals surface area contributed by atoms with Crippen molar-refractivity contribution in [3.63, 3.8) is 0 Å². The number of benzene rings is 1. The summed E-state index contributed by atoms with van der Waals surface area (Å²) in [4.78, 5) is 23.6. The molecule has 0 saturated heterocycles. The normalized spacial score (nSPS) is 12.7. The molecule has 0 heterocycles. The molecular formula is C15H20ClNO3. The van der Waals surface area contributed by atoms with Crippen LogP contribution in [0.15, 0.2) is 30.3 Å². The molecule has 1 rings (SSSR count). The van der Waals surface area contributed by atoms with Crippen molar-refractivity contribution in [2.75, 3.05) is 0 Å². The molecule has 1 aromatic carbocycles. The Morgan fingerprint density at radius 2 is 1.80 bits per heavy atom. The first-order valence-corrected chi connectivity index (χ1v) is 6.77. The topological polar surface area (TPSA) is 46.6 Å². The van der Waals surface area contributed by atoms with Gasteiger partial charge in [0, 0.05) is 18.2 Å². The summed E-state index contributed by atoms with van der Waals surface area (Å²) in [5, 5.41) is 0. The fourth-order valence-corrected chi connectivity index (χ4v) is 1.89. The molecule has 0 fully saturated rings. The number of carbonyl (C=O) groups is 2. The van der Waals surface area contributed by atoms with E-state index >= 15 is 0 Å². The molecule has 0 N–H and O–H groups in total. The second kappa shape index (κ2) is 6.75. The molecule has 1 atom stereocenters. The summed E-state index contributed by atoms with van der Waals surface area (Å²) in [7, 11) is 0. The summed E-state index contributed by atoms with van der Waals surface area (Å²) in [5.41, 5.74) is 0.278. The molecule has 0 aliphatic heterocycles. The third-order valence-corrected chi connectivity index (χ3v) is 2.96. The van der Waals surface area contributed by atoms with Crippen molar-refractivity contribution in [1.82, 2.24) is 4.42 Å². The summed E-state index contributed by atoms with van der Waals surface area (Å²) in [5.74, 6) is -0.185. The Bertz CT molecular complexity index is 468. The van der Waals surface area contributed by atoms with E-state index in [0.29, 0.717) is 6.42 Å². The van der Waals surface area contributed by atoms with Crippen LogP contribution in [0.4, 0.5) is 4.79 Å². The van der Waals surface area contributed by atoms with Crippen molar-refractivity contribution in [2.24, 2.45) is 0 Å². The summed E-state index contributed by atoms with van der Waals surface area (Å²) >= 11 is 5.99.